The summed E-state index contributed by atoms with van der Waals surface area (Å²) in [5.74, 6) is -0.160. The number of pyridine rings is 1. The van der Waals surface area contributed by atoms with Gasteiger partial charge in [0.2, 0.25) is 11.8 Å². The molecule has 1 aliphatic heterocycles. The zero-order valence-corrected chi connectivity index (χ0v) is 14.5. The molecular formula is C17H26N4O2. The van der Waals surface area contributed by atoms with Crippen LogP contribution in [0.15, 0.2) is 18.3 Å². The van der Waals surface area contributed by atoms with Gasteiger partial charge in [0.15, 0.2) is 0 Å². The lowest BCUT2D eigenvalue weighted by atomic mass is 9.74. The van der Waals surface area contributed by atoms with Crippen molar-refractivity contribution >= 4 is 17.6 Å². The zero-order chi connectivity index (χ0) is 17.2. The first-order valence-electron chi connectivity index (χ1n) is 7.88. The minimum absolute atomic E-state index is 0.00442. The van der Waals surface area contributed by atoms with Crippen molar-refractivity contribution < 1.29 is 9.59 Å². The molecule has 6 nitrogen and oxygen atoms in total. The first-order valence-corrected chi connectivity index (χ1v) is 7.88. The van der Waals surface area contributed by atoms with Crippen molar-refractivity contribution in [3.63, 3.8) is 0 Å². The molecule has 2 amide bonds. The maximum absolute atomic E-state index is 12.5. The van der Waals surface area contributed by atoms with Crippen LogP contribution in [0.2, 0.25) is 0 Å². The van der Waals surface area contributed by atoms with Gasteiger partial charge >= 0.3 is 0 Å². The monoisotopic (exact) mass is 318 g/mol. The highest BCUT2D eigenvalue weighted by molar-refractivity contribution is 6.02. The molecular weight excluding hydrogens is 292 g/mol. The van der Waals surface area contributed by atoms with Crippen LogP contribution in [0.3, 0.4) is 0 Å². The summed E-state index contributed by atoms with van der Waals surface area (Å²) in [5.41, 5.74) is 0.860. The van der Waals surface area contributed by atoms with Crippen molar-refractivity contribution in [2.75, 3.05) is 25.5 Å². The van der Waals surface area contributed by atoms with Gasteiger partial charge in [0, 0.05) is 39.3 Å². The quantitative estimate of drug-likeness (QED) is 0.817. The van der Waals surface area contributed by atoms with Crippen LogP contribution in [-0.2, 0) is 16.1 Å². The minimum atomic E-state index is -0.620. The number of aromatic nitrogens is 1. The summed E-state index contributed by atoms with van der Waals surface area (Å²) in [4.78, 5) is 30.7. The van der Waals surface area contributed by atoms with Crippen molar-refractivity contribution in [2.45, 2.75) is 27.3 Å². The average molecular weight is 318 g/mol. The van der Waals surface area contributed by atoms with Gasteiger partial charge in [-0.25, -0.2) is 4.98 Å². The van der Waals surface area contributed by atoms with Gasteiger partial charge in [-0.1, -0.05) is 20.8 Å². The molecule has 2 heterocycles. The maximum atomic E-state index is 12.5. The molecule has 23 heavy (non-hydrogen) atoms. The lowest BCUT2D eigenvalue weighted by Gasteiger charge is -2.29. The lowest BCUT2D eigenvalue weighted by molar-refractivity contribution is -0.135. The van der Waals surface area contributed by atoms with Gasteiger partial charge in [-0.2, -0.15) is 0 Å². The van der Waals surface area contributed by atoms with Crippen molar-refractivity contribution in [3.8, 4) is 0 Å². The van der Waals surface area contributed by atoms with Crippen molar-refractivity contribution in [1.82, 2.24) is 15.6 Å². The molecule has 0 bridgehead atoms. The number of nitrogens with one attached hydrogen (secondary N) is 2. The van der Waals surface area contributed by atoms with Crippen LogP contribution in [0, 0.1) is 17.3 Å². The van der Waals surface area contributed by atoms with Crippen molar-refractivity contribution in [2.24, 2.45) is 17.3 Å². The molecule has 1 fully saturated rings. The Morgan fingerprint density at radius 3 is 2.74 bits per heavy atom. The smallest absolute Gasteiger partial charge is 0.233 e. The third kappa shape index (κ3) is 4.00. The zero-order valence-electron chi connectivity index (χ0n) is 14.5. The summed E-state index contributed by atoms with van der Waals surface area (Å²) in [5, 5.41) is 5.71. The Hall–Kier alpha value is -2.11. The minimum Gasteiger partial charge on any atom is -0.363 e. The van der Waals surface area contributed by atoms with Crippen molar-refractivity contribution in [3.05, 3.63) is 23.9 Å². The molecule has 0 radical (unpaired) electrons. The molecule has 6 heteroatoms. The summed E-state index contributed by atoms with van der Waals surface area (Å²) in [6, 6.07) is 3.79. The lowest BCUT2D eigenvalue weighted by Crippen LogP contribution is -2.40. The summed E-state index contributed by atoms with van der Waals surface area (Å²) < 4.78 is 0. The number of carbonyl (C=O) groups is 2. The van der Waals surface area contributed by atoms with Gasteiger partial charge in [0.1, 0.15) is 11.7 Å². The van der Waals surface area contributed by atoms with Crippen LogP contribution in [0.25, 0.3) is 0 Å². The standard InChI is InChI=1S/C17H26N4O2/c1-17(2,3)12-10-20-16(23)14(12)15(22)19-9-11-6-7-18-13(8-11)21(4)5/h6-8,12,14H,9-10H2,1-5H3,(H,19,22)(H,20,23)/t12-,14+/m1/s1. The second-order valence-electron chi connectivity index (χ2n) is 7.33. The highest BCUT2D eigenvalue weighted by atomic mass is 16.2. The molecule has 2 atom stereocenters. The van der Waals surface area contributed by atoms with E-state index in [1.165, 1.54) is 0 Å². The molecule has 2 N–H and O–H groups in total. The van der Waals surface area contributed by atoms with Gasteiger partial charge in [0.25, 0.3) is 0 Å². The Morgan fingerprint density at radius 1 is 1.43 bits per heavy atom. The van der Waals surface area contributed by atoms with E-state index in [1.807, 2.05) is 31.1 Å². The van der Waals surface area contributed by atoms with Gasteiger partial charge in [-0.15, -0.1) is 0 Å². The van der Waals surface area contributed by atoms with Crippen molar-refractivity contribution in [1.29, 1.82) is 0 Å². The normalized spacial score (nSPS) is 21.0. The fourth-order valence-electron chi connectivity index (χ4n) is 2.84. The molecule has 2 rings (SSSR count). The number of rotatable bonds is 4. The van der Waals surface area contributed by atoms with E-state index in [-0.39, 0.29) is 23.1 Å². The van der Waals surface area contributed by atoms with Gasteiger partial charge in [0.05, 0.1) is 0 Å². The third-order valence-electron chi connectivity index (χ3n) is 4.31. The Balaban J connectivity index is 2.04. The van der Waals surface area contributed by atoms with Crippen LogP contribution in [-0.4, -0.2) is 37.4 Å². The molecule has 0 saturated carbocycles. The molecule has 1 aromatic rings. The Labute approximate surface area is 137 Å². The van der Waals surface area contributed by atoms with Gasteiger partial charge < -0.3 is 15.5 Å². The van der Waals surface area contributed by atoms with E-state index < -0.39 is 5.92 Å². The molecule has 0 unspecified atom stereocenters. The molecule has 1 aliphatic rings. The molecule has 1 aromatic heterocycles. The van der Waals surface area contributed by atoms with Crippen LogP contribution in [0.5, 0.6) is 0 Å². The van der Waals surface area contributed by atoms with E-state index in [1.54, 1.807) is 6.20 Å². The van der Waals surface area contributed by atoms with E-state index in [4.69, 9.17) is 0 Å². The third-order valence-corrected chi connectivity index (χ3v) is 4.31. The first kappa shape index (κ1) is 17.2. The van der Waals surface area contributed by atoms with Gasteiger partial charge in [-0.05, 0) is 23.1 Å². The summed E-state index contributed by atoms with van der Waals surface area (Å²) in [6.07, 6.45) is 1.72. The highest BCUT2D eigenvalue weighted by Gasteiger charge is 2.45. The van der Waals surface area contributed by atoms with Crippen LogP contribution < -0.4 is 15.5 Å². The molecule has 0 aliphatic carbocycles. The summed E-state index contributed by atoms with van der Waals surface area (Å²) in [7, 11) is 3.84. The van der Waals surface area contributed by atoms with Crippen LogP contribution in [0.4, 0.5) is 5.82 Å². The second kappa shape index (κ2) is 6.56. The molecule has 0 spiro atoms. The number of hydrogen-bond acceptors (Lipinski definition) is 4. The fraction of sp³-hybridized carbons (Fsp3) is 0.588. The Morgan fingerprint density at radius 2 is 2.13 bits per heavy atom. The van der Waals surface area contributed by atoms with Crippen LogP contribution in [0.1, 0.15) is 26.3 Å². The SMILES string of the molecule is CN(C)c1cc(CNC(=O)[C@H]2C(=O)NC[C@H]2C(C)(C)C)ccn1. The van der Waals surface area contributed by atoms with E-state index in [2.05, 4.69) is 36.4 Å². The number of carbonyl (C=O) groups excluding carboxylic acids is 2. The summed E-state index contributed by atoms with van der Waals surface area (Å²) >= 11 is 0. The topological polar surface area (TPSA) is 74.3 Å². The molecule has 0 aromatic carbocycles. The maximum Gasteiger partial charge on any atom is 0.233 e. The molecule has 126 valence electrons. The highest BCUT2D eigenvalue weighted by Crippen LogP contribution is 2.35. The largest absolute Gasteiger partial charge is 0.363 e. The van der Waals surface area contributed by atoms with E-state index in [0.717, 1.165) is 11.4 Å². The number of nitrogens with zero attached hydrogens (tertiary/aromatic N) is 2. The van der Waals surface area contributed by atoms with E-state index in [0.29, 0.717) is 13.1 Å². The van der Waals surface area contributed by atoms with E-state index in [9.17, 15) is 9.59 Å². The number of amides is 2. The van der Waals surface area contributed by atoms with E-state index >= 15 is 0 Å². The van der Waals surface area contributed by atoms with Crippen LogP contribution >= 0.6 is 0 Å². The van der Waals surface area contributed by atoms with Gasteiger partial charge in [-0.3, -0.25) is 9.59 Å². The predicted molar refractivity (Wildman–Crippen MR) is 89.9 cm³/mol. The predicted octanol–water partition coefficient (Wildman–Crippen LogP) is 1.17. The average Bonchev–Trinajstić information content (AvgIpc) is 2.87. The fourth-order valence-corrected chi connectivity index (χ4v) is 2.84. The number of anilines is 1. The molecule has 1 saturated heterocycles. The Kier molecular flexibility index (Phi) is 4.92. The second-order valence-corrected chi connectivity index (χ2v) is 7.33. The Bertz CT molecular complexity index is 593. The summed E-state index contributed by atoms with van der Waals surface area (Å²) in [6.45, 7) is 7.13. The first-order chi connectivity index (χ1) is 10.7. The number of hydrogen-bond donors (Lipinski definition) is 2.